The highest BCUT2D eigenvalue weighted by molar-refractivity contribution is 5.93. The molecule has 1 aromatic carbocycles. The summed E-state index contributed by atoms with van der Waals surface area (Å²) in [5.41, 5.74) is 8.42. The third kappa shape index (κ3) is 3.87. The number of quaternary nitrogens is 1. The summed E-state index contributed by atoms with van der Waals surface area (Å²) in [5.74, 6) is -0.127. The smallest absolute Gasteiger partial charge is 0.277 e. The van der Waals surface area contributed by atoms with Crippen LogP contribution >= 0.6 is 0 Å². The number of fused-ring (bicyclic) bond motifs is 1. The van der Waals surface area contributed by atoms with Gasteiger partial charge in [0.1, 0.15) is 6.54 Å². The minimum atomic E-state index is -0.391. The Bertz CT molecular complexity index is 738. The zero-order valence-corrected chi connectivity index (χ0v) is 16.3. The third-order valence-electron chi connectivity index (χ3n) is 6.74. The fourth-order valence-electron chi connectivity index (χ4n) is 4.70. The molecule has 1 unspecified atom stereocenters. The van der Waals surface area contributed by atoms with E-state index in [4.69, 9.17) is 5.73 Å². The summed E-state index contributed by atoms with van der Waals surface area (Å²) in [6, 6.07) is 6.50. The Hall–Kier alpha value is -1.92. The van der Waals surface area contributed by atoms with Gasteiger partial charge in [0.2, 0.25) is 5.91 Å². The molecule has 1 aromatic rings. The Labute approximate surface area is 161 Å². The summed E-state index contributed by atoms with van der Waals surface area (Å²) in [6.45, 7) is 6.02. The van der Waals surface area contributed by atoms with Crippen LogP contribution in [0.25, 0.3) is 0 Å². The fourth-order valence-corrected chi connectivity index (χ4v) is 4.70. The largest absolute Gasteiger partial charge is 0.366 e. The molecule has 1 saturated carbocycles. The number of hydrogen-bond donors (Lipinski definition) is 1. The number of carbonyl (C=O) groups is 2. The van der Waals surface area contributed by atoms with Gasteiger partial charge in [-0.15, -0.1) is 0 Å². The van der Waals surface area contributed by atoms with Gasteiger partial charge in [-0.2, -0.15) is 0 Å². The first-order valence-corrected chi connectivity index (χ1v) is 10.2. The van der Waals surface area contributed by atoms with Crippen LogP contribution in [0.15, 0.2) is 18.2 Å². The minimum Gasteiger partial charge on any atom is -0.366 e. The molecule has 2 aliphatic heterocycles. The Kier molecular flexibility index (Phi) is 4.95. The summed E-state index contributed by atoms with van der Waals surface area (Å²) >= 11 is 0. The lowest BCUT2D eigenvalue weighted by Crippen LogP contribution is -2.58. The van der Waals surface area contributed by atoms with Crippen LogP contribution in [0.5, 0.6) is 0 Å². The Morgan fingerprint density at radius 1 is 1.15 bits per heavy atom. The van der Waals surface area contributed by atoms with E-state index in [2.05, 4.69) is 11.9 Å². The number of likely N-dealkylation sites (N-methyl/N-ethyl adjacent to an activating group) is 1. The molecule has 2 amide bonds. The van der Waals surface area contributed by atoms with Crippen molar-refractivity contribution in [3.8, 4) is 0 Å². The van der Waals surface area contributed by atoms with E-state index in [9.17, 15) is 9.59 Å². The zero-order chi connectivity index (χ0) is 19.0. The molecule has 1 saturated heterocycles. The lowest BCUT2D eigenvalue weighted by Gasteiger charge is -2.44. The van der Waals surface area contributed by atoms with E-state index in [1.165, 1.54) is 24.8 Å². The van der Waals surface area contributed by atoms with E-state index in [-0.39, 0.29) is 5.91 Å². The van der Waals surface area contributed by atoms with E-state index in [1.54, 1.807) is 0 Å². The summed E-state index contributed by atoms with van der Waals surface area (Å²) in [6.07, 6.45) is 4.96. The van der Waals surface area contributed by atoms with Crippen molar-refractivity contribution in [3.63, 3.8) is 0 Å². The average Bonchev–Trinajstić information content (AvgIpc) is 2.59. The van der Waals surface area contributed by atoms with E-state index >= 15 is 0 Å². The van der Waals surface area contributed by atoms with Crippen molar-refractivity contribution in [1.82, 2.24) is 9.80 Å². The van der Waals surface area contributed by atoms with Gasteiger partial charge in [-0.1, -0.05) is 12.5 Å². The first-order valence-electron chi connectivity index (χ1n) is 10.2. The van der Waals surface area contributed by atoms with Crippen LogP contribution in [0.1, 0.15) is 40.7 Å². The van der Waals surface area contributed by atoms with Crippen molar-refractivity contribution >= 4 is 11.8 Å². The Balaban J connectivity index is 1.36. The molecule has 2 fully saturated rings. The zero-order valence-electron chi connectivity index (χ0n) is 16.3. The summed E-state index contributed by atoms with van der Waals surface area (Å²) in [5, 5.41) is 0. The topological polar surface area (TPSA) is 66.6 Å². The van der Waals surface area contributed by atoms with Crippen molar-refractivity contribution in [2.45, 2.75) is 38.3 Å². The first kappa shape index (κ1) is 18.4. The highest BCUT2D eigenvalue weighted by atomic mass is 16.2. The molecule has 27 heavy (non-hydrogen) atoms. The maximum atomic E-state index is 12.9. The maximum Gasteiger partial charge on any atom is 0.277 e. The molecule has 1 aliphatic carbocycles. The monoisotopic (exact) mass is 371 g/mol. The number of carbonyl (C=O) groups excluding carboxylic acids is 2. The molecule has 6 nitrogen and oxygen atoms in total. The number of primary amides is 1. The van der Waals surface area contributed by atoms with E-state index < -0.39 is 5.91 Å². The predicted molar refractivity (Wildman–Crippen MR) is 104 cm³/mol. The SMILES string of the molecule is C[N+]1(CC(=O)N2CCN(C3CCC3)CC2)CCc2ccc(C(N)=O)cc2C1. The van der Waals surface area contributed by atoms with Gasteiger partial charge in [0.05, 0.1) is 13.6 Å². The molecule has 0 radical (unpaired) electrons. The molecule has 0 aromatic heterocycles. The highest BCUT2D eigenvalue weighted by Crippen LogP contribution is 2.27. The van der Waals surface area contributed by atoms with E-state index in [0.29, 0.717) is 16.6 Å². The van der Waals surface area contributed by atoms with Gasteiger partial charge in [0.25, 0.3) is 5.91 Å². The fraction of sp³-hybridized carbons (Fsp3) is 0.619. The van der Waals surface area contributed by atoms with Crippen molar-refractivity contribution < 1.29 is 14.1 Å². The van der Waals surface area contributed by atoms with Gasteiger partial charge in [0.15, 0.2) is 6.54 Å². The number of amides is 2. The van der Waals surface area contributed by atoms with Gasteiger partial charge < -0.3 is 15.1 Å². The maximum absolute atomic E-state index is 12.9. The number of benzene rings is 1. The van der Waals surface area contributed by atoms with E-state index in [0.717, 1.165) is 57.3 Å². The molecular weight excluding hydrogens is 340 g/mol. The molecule has 1 atom stereocenters. The number of nitrogens with two attached hydrogens (primary N) is 1. The molecule has 6 heteroatoms. The molecule has 0 bridgehead atoms. The average molecular weight is 372 g/mol. The van der Waals surface area contributed by atoms with Crippen LogP contribution in [0.4, 0.5) is 0 Å². The van der Waals surface area contributed by atoms with Crippen LogP contribution < -0.4 is 5.73 Å². The van der Waals surface area contributed by atoms with Gasteiger partial charge in [0, 0.05) is 49.8 Å². The second-order valence-corrected chi connectivity index (χ2v) is 8.76. The van der Waals surface area contributed by atoms with Gasteiger partial charge in [-0.05, 0) is 30.5 Å². The van der Waals surface area contributed by atoms with Gasteiger partial charge >= 0.3 is 0 Å². The van der Waals surface area contributed by atoms with Crippen LogP contribution in [0.2, 0.25) is 0 Å². The molecule has 2 N–H and O–H groups in total. The highest BCUT2D eigenvalue weighted by Gasteiger charge is 2.35. The Morgan fingerprint density at radius 3 is 2.52 bits per heavy atom. The standard InChI is InChI=1S/C21H30N4O2/c1-25(12-7-16-5-6-17(21(22)27)13-18(16)14-25)15-20(26)24-10-8-23(9-11-24)19-3-2-4-19/h5-6,13,19H,2-4,7-12,14-15H2,1H3,(H-,22,27)/p+1. The van der Waals surface area contributed by atoms with Crippen molar-refractivity contribution in [2.24, 2.45) is 5.73 Å². The summed E-state index contributed by atoms with van der Waals surface area (Å²) in [4.78, 5) is 29.0. The quantitative estimate of drug-likeness (QED) is 0.803. The van der Waals surface area contributed by atoms with Crippen LogP contribution in [0, 0.1) is 0 Å². The van der Waals surface area contributed by atoms with E-state index in [1.807, 2.05) is 23.1 Å². The molecular formula is C21H31N4O2+. The van der Waals surface area contributed by atoms with Gasteiger partial charge in [-0.25, -0.2) is 0 Å². The van der Waals surface area contributed by atoms with Crippen LogP contribution in [0.3, 0.4) is 0 Å². The van der Waals surface area contributed by atoms with Crippen molar-refractivity contribution in [1.29, 1.82) is 0 Å². The first-order chi connectivity index (χ1) is 12.9. The van der Waals surface area contributed by atoms with Gasteiger partial charge in [-0.3, -0.25) is 14.5 Å². The number of hydrogen-bond acceptors (Lipinski definition) is 3. The summed E-state index contributed by atoms with van der Waals surface area (Å²) in [7, 11) is 2.16. The van der Waals surface area contributed by atoms with Crippen LogP contribution in [-0.2, 0) is 17.8 Å². The summed E-state index contributed by atoms with van der Waals surface area (Å²) < 4.78 is 0.705. The lowest BCUT2D eigenvalue weighted by molar-refractivity contribution is -0.917. The number of piperazine rings is 1. The second-order valence-electron chi connectivity index (χ2n) is 8.76. The second kappa shape index (κ2) is 7.24. The normalized spacial score (nSPS) is 26.3. The van der Waals surface area contributed by atoms with Crippen molar-refractivity contribution in [3.05, 3.63) is 34.9 Å². The Morgan fingerprint density at radius 2 is 1.89 bits per heavy atom. The van der Waals surface area contributed by atoms with Crippen molar-refractivity contribution in [2.75, 3.05) is 46.3 Å². The molecule has 2 heterocycles. The number of rotatable bonds is 4. The molecule has 3 aliphatic rings. The third-order valence-corrected chi connectivity index (χ3v) is 6.74. The number of nitrogens with zero attached hydrogens (tertiary/aromatic N) is 3. The molecule has 146 valence electrons. The molecule has 4 rings (SSSR count). The molecule has 0 spiro atoms. The predicted octanol–water partition coefficient (Wildman–Crippen LogP) is 0.985. The lowest BCUT2D eigenvalue weighted by atomic mass is 9.91. The minimum absolute atomic E-state index is 0.264. The van der Waals surface area contributed by atoms with Crippen LogP contribution in [-0.4, -0.2) is 78.5 Å².